The minimum Gasteiger partial charge on any atom is -0.467 e. The number of carbonyl (C=O) groups is 3. The quantitative estimate of drug-likeness (QED) is 0.599. The van der Waals surface area contributed by atoms with Gasteiger partial charge in [-0.2, -0.15) is 0 Å². The molecule has 1 aliphatic rings. The van der Waals surface area contributed by atoms with Crippen molar-refractivity contribution in [2.75, 3.05) is 7.11 Å². The molecule has 0 aliphatic carbocycles. The van der Waals surface area contributed by atoms with E-state index in [2.05, 4.69) is 20.7 Å². The average molecular weight is 376 g/mol. The van der Waals surface area contributed by atoms with E-state index < -0.39 is 23.2 Å². The highest BCUT2D eigenvalue weighted by molar-refractivity contribution is 9.10. The number of hydrogen-bond donors (Lipinski definition) is 0. The topological polar surface area (TPSA) is 63.7 Å². The van der Waals surface area contributed by atoms with Crippen LogP contribution in [0.5, 0.6) is 0 Å². The molecule has 2 heterocycles. The molecule has 1 aromatic rings. The van der Waals surface area contributed by atoms with Gasteiger partial charge in [-0.25, -0.2) is 4.79 Å². The van der Waals surface area contributed by atoms with Crippen LogP contribution in [0, 0.1) is 0 Å². The number of thioether (sulfide) groups is 1. The fraction of sp³-hybridized carbons (Fsp3) is 0.250. The van der Waals surface area contributed by atoms with E-state index in [0.717, 1.165) is 26.0 Å². The standard InChI is InChI=1S/C12H10BrNO4S2/c1-6(11(16)18-2)14-10(15)9(20-12(14)17)4-8-3-7(13)5-19-8/h3-6H,1-2H3/b9-4+. The molecular weight excluding hydrogens is 366 g/mol. The second-order valence-corrected chi connectivity index (χ2v) is 6.77. The molecule has 2 rings (SSSR count). The zero-order valence-electron chi connectivity index (χ0n) is 10.6. The molecule has 0 bridgehead atoms. The van der Waals surface area contributed by atoms with Crippen LogP contribution in [-0.4, -0.2) is 35.2 Å². The number of carbonyl (C=O) groups excluding carboxylic acids is 3. The SMILES string of the molecule is COC(=O)C(C)N1C(=O)S/C(=C/c2cc(Br)cs2)C1=O. The fourth-order valence-electron chi connectivity index (χ4n) is 1.62. The number of hydrogen-bond acceptors (Lipinski definition) is 6. The van der Waals surface area contributed by atoms with E-state index in [1.54, 1.807) is 6.08 Å². The first-order valence-electron chi connectivity index (χ1n) is 5.53. The number of thiophene rings is 1. The molecule has 2 amide bonds. The van der Waals surface area contributed by atoms with Crippen molar-refractivity contribution in [2.45, 2.75) is 13.0 Å². The molecule has 0 N–H and O–H groups in total. The van der Waals surface area contributed by atoms with Crippen molar-refractivity contribution in [1.82, 2.24) is 4.90 Å². The summed E-state index contributed by atoms with van der Waals surface area (Å²) in [6, 6.07) is 0.927. The molecule has 0 saturated carbocycles. The Kier molecular flexibility index (Phi) is 4.66. The first-order chi connectivity index (χ1) is 9.43. The van der Waals surface area contributed by atoms with E-state index in [-0.39, 0.29) is 0 Å². The first kappa shape index (κ1) is 15.3. The molecule has 0 aromatic carbocycles. The Morgan fingerprint density at radius 1 is 1.50 bits per heavy atom. The highest BCUT2D eigenvalue weighted by atomic mass is 79.9. The normalized spacial score (nSPS) is 18.8. The van der Waals surface area contributed by atoms with Crippen molar-refractivity contribution < 1.29 is 19.1 Å². The lowest BCUT2D eigenvalue weighted by atomic mass is 10.3. The summed E-state index contributed by atoms with van der Waals surface area (Å²) >= 11 is 5.60. The third-order valence-electron chi connectivity index (χ3n) is 2.61. The molecule has 1 aliphatic heterocycles. The number of amides is 2. The van der Waals surface area contributed by atoms with Gasteiger partial charge in [0.2, 0.25) is 0 Å². The summed E-state index contributed by atoms with van der Waals surface area (Å²) in [5.74, 6) is -1.09. The summed E-state index contributed by atoms with van der Waals surface area (Å²) in [7, 11) is 1.22. The molecule has 0 radical (unpaired) electrons. The van der Waals surface area contributed by atoms with Gasteiger partial charge >= 0.3 is 5.97 Å². The highest BCUT2D eigenvalue weighted by Crippen LogP contribution is 2.35. The van der Waals surface area contributed by atoms with E-state index >= 15 is 0 Å². The van der Waals surface area contributed by atoms with E-state index in [1.807, 2.05) is 11.4 Å². The third kappa shape index (κ3) is 2.97. The van der Waals surface area contributed by atoms with Crippen molar-refractivity contribution >= 4 is 62.2 Å². The lowest BCUT2D eigenvalue weighted by Crippen LogP contribution is -2.42. The monoisotopic (exact) mass is 375 g/mol. The van der Waals surface area contributed by atoms with Crippen LogP contribution < -0.4 is 0 Å². The van der Waals surface area contributed by atoms with Crippen LogP contribution in [-0.2, 0) is 14.3 Å². The highest BCUT2D eigenvalue weighted by Gasteiger charge is 2.41. The summed E-state index contributed by atoms with van der Waals surface area (Å²) in [6.07, 6.45) is 1.64. The Hall–Kier alpha value is -1.12. The number of imide groups is 1. The number of esters is 1. The van der Waals surface area contributed by atoms with Gasteiger partial charge in [0.1, 0.15) is 6.04 Å². The first-order valence-corrected chi connectivity index (χ1v) is 8.02. The number of rotatable bonds is 3. The summed E-state index contributed by atoms with van der Waals surface area (Å²) < 4.78 is 5.47. The van der Waals surface area contributed by atoms with Gasteiger partial charge in [-0.3, -0.25) is 14.5 Å². The van der Waals surface area contributed by atoms with Gasteiger partial charge in [-0.15, -0.1) is 11.3 Å². The van der Waals surface area contributed by atoms with E-state index in [9.17, 15) is 14.4 Å². The fourth-order valence-corrected chi connectivity index (χ4v) is 3.97. The lowest BCUT2D eigenvalue weighted by molar-refractivity contribution is -0.148. The van der Waals surface area contributed by atoms with Crippen LogP contribution in [0.3, 0.4) is 0 Å². The molecule has 1 fully saturated rings. The van der Waals surface area contributed by atoms with Crippen molar-refractivity contribution in [3.63, 3.8) is 0 Å². The Labute approximate surface area is 132 Å². The van der Waals surface area contributed by atoms with E-state index in [1.165, 1.54) is 25.4 Å². The molecule has 1 aromatic heterocycles. The Morgan fingerprint density at radius 3 is 2.75 bits per heavy atom. The number of ether oxygens (including phenoxy) is 1. The van der Waals surface area contributed by atoms with Gasteiger partial charge < -0.3 is 4.74 Å². The number of halogens is 1. The molecular formula is C12H10BrNO4S2. The van der Waals surface area contributed by atoms with E-state index in [0.29, 0.717) is 4.91 Å². The van der Waals surface area contributed by atoms with Gasteiger partial charge in [0.15, 0.2) is 0 Å². The van der Waals surface area contributed by atoms with Crippen LogP contribution in [0.25, 0.3) is 6.08 Å². The van der Waals surface area contributed by atoms with Crippen molar-refractivity contribution in [2.24, 2.45) is 0 Å². The maximum Gasteiger partial charge on any atom is 0.328 e. The van der Waals surface area contributed by atoms with Crippen LogP contribution in [0.4, 0.5) is 4.79 Å². The molecule has 0 spiro atoms. The molecule has 1 unspecified atom stereocenters. The lowest BCUT2D eigenvalue weighted by Gasteiger charge is -2.18. The van der Waals surface area contributed by atoms with Crippen LogP contribution in [0.1, 0.15) is 11.8 Å². The van der Waals surface area contributed by atoms with E-state index in [4.69, 9.17) is 0 Å². The summed E-state index contributed by atoms with van der Waals surface area (Å²) in [5, 5.41) is 1.42. The van der Waals surface area contributed by atoms with Gasteiger partial charge in [-0.1, -0.05) is 0 Å². The predicted molar refractivity (Wildman–Crippen MR) is 81.3 cm³/mol. The zero-order valence-corrected chi connectivity index (χ0v) is 13.8. The largest absolute Gasteiger partial charge is 0.467 e. The van der Waals surface area contributed by atoms with Crippen LogP contribution in [0.15, 0.2) is 20.8 Å². The number of methoxy groups -OCH3 is 1. The Bertz CT molecular complexity index is 610. The Morgan fingerprint density at radius 2 is 2.20 bits per heavy atom. The molecule has 106 valence electrons. The van der Waals surface area contributed by atoms with Crippen molar-refractivity contribution in [1.29, 1.82) is 0 Å². The molecule has 8 heteroatoms. The summed E-state index contributed by atoms with van der Waals surface area (Å²) in [4.78, 5) is 37.6. The van der Waals surface area contributed by atoms with Crippen molar-refractivity contribution in [3.8, 4) is 0 Å². The molecule has 5 nitrogen and oxygen atoms in total. The molecule has 1 atom stereocenters. The molecule has 20 heavy (non-hydrogen) atoms. The van der Waals surface area contributed by atoms with Gasteiger partial charge in [0.05, 0.1) is 12.0 Å². The second kappa shape index (κ2) is 6.11. The molecule has 1 saturated heterocycles. The van der Waals surface area contributed by atoms with Crippen LogP contribution >= 0.6 is 39.0 Å². The predicted octanol–water partition coefficient (Wildman–Crippen LogP) is 3.11. The Balaban J connectivity index is 2.25. The minimum absolute atomic E-state index is 0.306. The van der Waals surface area contributed by atoms with Gasteiger partial charge in [0.25, 0.3) is 11.1 Å². The third-order valence-corrected chi connectivity index (χ3v) is 5.14. The van der Waals surface area contributed by atoms with Gasteiger partial charge in [0, 0.05) is 14.7 Å². The van der Waals surface area contributed by atoms with Crippen LogP contribution in [0.2, 0.25) is 0 Å². The maximum atomic E-state index is 12.2. The summed E-state index contributed by atoms with van der Waals surface area (Å²) in [6.45, 7) is 1.47. The zero-order chi connectivity index (χ0) is 14.9. The summed E-state index contributed by atoms with van der Waals surface area (Å²) in [5.41, 5.74) is 0. The smallest absolute Gasteiger partial charge is 0.328 e. The van der Waals surface area contributed by atoms with Crippen molar-refractivity contribution in [3.05, 3.63) is 25.7 Å². The minimum atomic E-state index is -0.923. The maximum absolute atomic E-state index is 12.2. The average Bonchev–Trinajstić information content (AvgIpc) is 2.93. The number of nitrogens with zero attached hydrogens (tertiary/aromatic N) is 1. The van der Waals surface area contributed by atoms with Gasteiger partial charge in [-0.05, 0) is 46.8 Å². The second-order valence-electron chi connectivity index (χ2n) is 3.92.